The summed E-state index contributed by atoms with van der Waals surface area (Å²) in [4.78, 5) is 43.9. The van der Waals surface area contributed by atoms with Crippen molar-refractivity contribution in [1.29, 1.82) is 0 Å². The molecule has 0 saturated carbocycles. The van der Waals surface area contributed by atoms with Gasteiger partial charge in [-0.25, -0.2) is 19.3 Å². The van der Waals surface area contributed by atoms with Crippen molar-refractivity contribution in [2.45, 2.75) is 6.92 Å². The number of carbonyl (C=O) groups excluding carboxylic acids is 3. The first-order valence-electron chi connectivity index (χ1n) is 10.3. The molecule has 1 aromatic carbocycles. The molecule has 9 nitrogen and oxygen atoms in total. The van der Waals surface area contributed by atoms with Gasteiger partial charge in [-0.1, -0.05) is 24.3 Å². The number of para-hydroxylation sites is 1. The molecule has 0 bridgehead atoms. The van der Waals surface area contributed by atoms with Crippen LogP contribution in [0.1, 0.15) is 16.1 Å². The Morgan fingerprint density at radius 3 is 2.70 bits per heavy atom. The highest BCUT2D eigenvalue weighted by Gasteiger charge is 2.28. The summed E-state index contributed by atoms with van der Waals surface area (Å²) in [7, 11) is 0. The van der Waals surface area contributed by atoms with Crippen LogP contribution in [0.3, 0.4) is 0 Å². The number of hydrogen-bond donors (Lipinski definition) is 1. The zero-order valence-electron chi connectivity index (χ0n) is 17.6. The van der Waals surface area contributed by atoms with E-state index in [1.807, 2.05) is 47.8 Å². The third-order valence-electron chi connectivity index (χ3n) is 5.29. The number of rotatable bonds is 5. The van der Waals surface area contributed by atoms with E-state index >= 15 is 0 Å². The van der Waals surface area contributed by atoms with Crippen LogP contribution in [0, 0.1) is 6.92 Å². The molecule has 0 unspecified atom stereocenters. The lowest BCUT2D eigenvalue weighted by Crippen LogP contribution is -2.37. The van der Waals surface area contributed by atoms with Crippen LogP contribution in [0.25, 0.3) is 27.3 Å². The Labute approximate surface area is 192 Å². The van der Waals surface area contributed by atoms with Crippen LogP contribution in [0.15, 0.2) is 53.9 Å². The maximum atomic E-state index is 13.1. The van der Waals surface area contributed by atoms with Crippen molar-refractivity contribution in [2.24, 2.45) is 0 Å². The predicted molar refractivity (Wildman–Crippen MR) is 122 cm³/mol. The van der Waals surface area contributed by atoms with Crippen LogP contribution in [0.4, 0.5) is 4.79 Å². The van der Waals surface area contributed by atoms with E-state index in [1.54, 1.807) is 17.7 Å². The van der Waals surface area contributed by atoms with Gasteiger partial charge in [-0.2, -0.15) is 5.10 Å². The fraction of sp³-hybridized carbons (Fsp3) is 0.174. The number of aromatic nitrogens is 3. The van der Waals surface area contributed by atoms with E-state index in [0.717, 1.165) is 15.5 Å². The molecule has 3 aromatic heterocycles. The van der Waals surface area contributed by atoms with Gasteiger partial charge < -0.3 is 10.1 Å². The van der Waals surface area contributed by atoms with Gasteiger partial charge in [0.25, 0.3) is 5.91 Å². The Morgan fingerprint density at radius 2 is 2.00 bits per heavy atom. The first kappa shape index (κ1) is 20.8. The Kier molecular flexibility index (Phi) is 5.35. The van der Waals surface area contributed by atoms with Crippen molar-refractivity contribution in [2.75, 3.05) is 19.7 Å². The molecule has 4 aromatic rings. The van der Waals surface area contributed by atoms with Gasteiger partial charge in [0, 0.05) is 13.1 Å². The summed E-state index contributed by atoms with van der Waals surface area (Å²) in [6.07, 6.45) is 0. The summed E-state index contributed by atoms with van der Waals surface area (Å²) >= 11 is 1.50. The third kappa shape index (κ3) is 3.85. The standard InChI is InChI=1S/C23H19N5O4S/c1-14-20-16(22(30)32-13-19(29)27-10-9-24-23(27)31)12-17(18-8-5-11-33-18)25-21(20)28(26-14)15-6-3-2-4-7-15/h2-8,11-12H,9-10,13H2,1H3,(H,24,31). The quantitative estimate of drug-likeness (QED) is 0.458. The number of fused-ring (bicyclic) bond motifs is 1. The van der Waals surface area contributed by atoms with E-state index in [9.17, 15) is 14.4 Å². The molecule has 0 aliphatic carbocycles. The molecule has 0 atom stereocenters. The predicted octanol–water partition coefficient (Wildman–Crippen LogP) is 3.17. The monoisotopic (exact) mass is 461 g/mol. The van der Waals surface area contributed by atoms with Gasteiger partial charge in [-0.05, 0) is 36.6 Å². The third-order valence-corrected chi connectivity index (χ3v) is 6.18. The topological polar surface area (TPSA) is 106 Å². The number of hydrogen-bond acceptors (Lipinski definition) is 7. The number of amides is 3. The molecular weight excluding hydrogens is 442 g/mol. The van der Waals surface area contributed by atoms with Crippen molar-refractivity contribution in [3.05, 3.63) is 65.2 Å². The number of pyridine rings is 1. The summed E-state index contributed by atoms with van der Waals surface area (Å²) in [5, 5.41) is 9.65. The number of esters is 1. The van der Waals surface area contributed by atoms with Gasteiger partial charge in [0.2, 0.25) is 0 Å². The molecule has 1 saturated heterocycles. The van der Waals surface area contributed by atoms with E-state index in [1.165, 1.54) is 11.3 Å². The lowest BCUT2D eigenvalue weighted by atomic mass is 10.1. The average molecular weight is 462 g/mol. The molecular formula is C23H19N5O4S. The zero-order valence-corrected chi connectivity index (χ0v) is 18.5. The molecule has 0 radical (unpaired) electrons. The number of aryl methyl sites for hydroxylation is 1. The van der Waals surface area contributed by atoms with Gasteiger partial charge in [-0.3, -0.25) is 9.69 Å². The Hall–Kier alpha value is -4.05. The lowest BCUT2D eigenvalue weighted by Gasteiger charge is -2.13. The minimum absolute atomic E-state index is 0.250. The van der Waals surface area contributed by atoms with Crippen LogP contribution >= 0.6 is 11.3 Å². The highest BCUT2D eigenvalue weighted by molar-refractivity contribution is 7.13. The number of ether oxygens (including phenoxy) is 1. The van der Waals surface area contributed by atoms with Gasteiger partial charge in [0.1, 0.15) is 0 Å². The fourth-order valence-corrected chi connectivity index (χ4v) is 4.43. The summed E-state index contributed by atoms with van der Waals surface area (Å²) in [5.41, 5.74) is 2.80. The molecule has 0 spiro atoms. The summed E-state index contributed by atoms with van der Waals surface area (Å²) in [5.74, 6) is -1.25. The highest BCUT2D eigenvalue weighted by atomic mass is 32.1. The molecule has 33 heavy (non-hydrogen) atoms. The number of nitrogens with one attached hydrogen (secondary N) is 1. The number of imide groups is 1. The van der Waals surface area contributed by atoms with Crippen LogP contribution in [-0.4, -0.2) is 57.3 Å². The van der Waals surface area contributed by atoms with Crippen LogP contribution in [0.2, 0.25) is 0 Å². The molecule has 3 amide bonds. The number of carbonyl (C=O) groups is 3. The Balaban J connectivity index is 1.55. The maximum Gasteiger partial charge on any atom is 0.339 e. The molecule has 1 N–H and O–H groups in total. The second-order valence-electron chi connectivity index (χ2n) is 7.42. The van der Waals surface area contributed by atoms with Crippen molar-refractivity contribution in [3.63, 3.8) is 0 Å². The van der Waals surface area contributed by atoms with Crippen molar-refractivity contribution in [3.8, 4) is 16.3 Å². The normalized spacial score (nSPS) is 13.4. The number of benzene rings is 1. The number of thiophene rings is 1. The van der Waals surface area contributed by atoms with Crippen molar-refractivity contribution < 1.29 is 19.1 Å². The van der Waals surface area contributed by atoms with Gasteiger partial charge in [0.15, 0.2) is 12.3 Å². The summed E-state index contributed by atoms with van der Waals surface area (Å²) < 4.78 is 7.02. The summed E-state index contributed by atoms with van der Waals surface area (Å²) in [6, 6.07) is 14.5. The summed E-state index contributed by atoms with van der Waals surface area (Å²) in [6.45, 7) is 1.90. The molecule has 5 rings (SSSR count). The average Bonchev–Trinajstić information content (AvgIpc) is 3.58. The van der Waals surface area contributed by atoms with E-state index in [4.69, 9.17) is 9.72 Å². The minimum atomic E-state index is -0.677. The second-order valence-corrected chi connectivity index (χ2v) is 8.36. The van der Waals surface area contributed by atoms with Crippen molar-refractivity contribution >= 4 is 40.3 Å². The van der Waals surface area contributed by atoms with Crippen molar-refractivity contribution in [1.82, 2.24) is 25.0 Å². The highest BCUT2D eigenvalue weighted by Crippen LogP contribution is 2.31. The zero-order chi connectivity index (χ0) is 22.9. The molecule has 1 fully saturated rings. The van der Waals surface area contributed by atoms with Gasteiger partial charge >= 0.3 is 12.0 Å². The molecule has 166 valence electrons. The molecule has 4 heterocycles. The van der Waals surface area contributed by atoms with Crippen LogP contribution in [-0.2, 0) is 9.53 Å². The van der Waals surface area contributed by atoms with Crippen LogP contribution < -0.4 is 5.32 Å². The first-order valence-corrected chi connectivity index (χ1v) is 11.2. The fourth-order valence-electron chi connectivity index (χ4n) is 3.74. The largest absolute Gasteiger partial charge is 0.452 e. The Bertz CT molecular complexity index is 1360. The smallest absolute Gasteiger partial charge is 0.339 e. The van der Waals surface area contributed by atoms with Gasteiger partial charge in [0.05, 0.1) is 32.9 Å². The number of nitrogens with zero attached hydrogens (tertiary/aromatic N) is 4. The molecule has 10 heteroatoms. The number of urea groups is 1. The second kappa shape index (κ2) is 8.47. The maximum absolute atomic E-state index is 13.1. The van der Waals surface area contributed by atoms with Gasteiger partial charge in [-0.15, -0.1) is 11.3 Å². The minimum Gasteiger partial charge on any atom is -0.452 e. The molecule has 1 aliphatic heterocycles. The SMILES string of the molecule is Cc1nn(-c2ccccc2)c2nc(-c3cccs3)cc(C(=O)OCC(=O)N3CCNC3=O)c12. The molecule has 1 aliphatic rings. The Morgan fingerprint density at radius 1 is 1.18 bits per heavy atom. The first-order chi connectivity index (χ1) is 16.0. The van der Waals surface area contributed by atoms with E-state index in [2.05, 4.69) is 10.4 Å². The van der Waals surface area contributed by atoms with E-state index < -0.39 is 24.5 Å². The lowest BCUT2D eigenvalue weighted by molar-refractivity contribution is -0.130. The van der Waals surface area contributed by atoms with Crippen LogP contribution in [0.5, 0.6) is 0 Å². The van der Waals surface area contributed by atoms with E-state index in [0.29, 0.717) is 29.0 Å². The van der Waals surface area contributed by atoms with E-state index in [-0.39, 0.29) is 12.1 Å².